The summed E-state index contributed by atoms with van der Waals surface area (Å²) in [6, 6.07) is 27.9. The molecule has 0 unspecified atom stereocenters. The lowest BCUT2D eigenvalue weighted by Crippen LogP contribution is -2.39. The zero-order valence-electron chi connectivity index (χ0n) is 41.0. The predicted octanol–water partition coefficient (Wildman–Crippen LogP) is 5.87. The zero-order valence-corrected chi connectivity index (χ0v) is 41.0. The van der Waals surface area contributed by atoms with Crippen LogP contribution in [0.4, 0.5) is 17.1 Å². The summed E-state index contributed by atoms with van der Waals surface area (Å²) in [5.41, 5.74) is 9.70. The maximum atomic E-state index is 12.6. The van der Waals surface area contributed by atoms with Crippen molar-refractivity contribution in [1.29, 1.82) is 0 Å². The summed E-state index contributed by atoms with van der Waals surface area (Å²) in [6.07, 6.45) is 8.84. The molecule has 3 aliphatic heterocycles. The van der Waals surface area contributed by atoms with Gasteiger partial charge in [-0.2, -0.15) is 15.3 Å². The van der Waals surface area contributed by atoms with Crippen molar-refractivity contribution in [2.45, 2.75) is 71.6 Å². The smallest absolute Gasteiger partial charge is 0.311 e. The van der Waals surface area contributed by atoms with Crippen LogP contribution in [-0.4, -0.2) is 117 Å². The van der Waals surface area contributed by atoms with Gasteiger partial charge in [0.15, 0.2) is 0 Å². The Balaban J connectivity index is 0.000000161. The quantitative estimate of drug-likeness (QED) is 0.0955. The van der Waals surface area contributed by atoms with Gasteiger partial charge < -0.3 is 20.9 Å². The van der Waals surface area contributed by atoms with Gasteiger partial charge in [-0.1, -0.05) is 54.6 Å². The third-order valence-electron chi connectivity index (χ3n) is 13.4. The molecular weight excluding hydrogens is 937 g/mol. The number of nitro groups is 2. The standard InChI is InChI=1S/C18H20N4O4.C18H22N4O2.C16H18N4O3/c1-13(23)20-9-7-14(8-10-20)18(24)11-16-17(22(25)26)12-21(19-16)15-5-3-2-4-6-15;1-13(23)21-9-7-14(8-10-21)18(24)11-17-16(19)12-22(20-17)15-5-3-2-4-6-15;21-16(12-6-8-17-9-7-12)10-14-15(20(22)23)11-19(18-14)13-4-2-1-3-5-13/h2-6,12,14H,7-11H2,1H3;2-6,12,14H,7-11,19H2,1H3;1-5,11-12,17H,6-10H2. The number of nitrogens with zero attached hydrogens (tertiary/aromatic N) is 10. The van der Waals surface area contributed by atoms with Crippen LogP contribution >= 0.6 is 0 Å². The van der Waals surface area contributed by atoms with E-state index in [1.165, 1.54) is 28.7 Å². The van der Waals surface area contributed by atoms with Crippen molar-refractivity contribution >= 4 is 46.2 Å². The number of benzene rings is 3. The number of carbonyl (C=O) groups is 5. The van der Waals surface area contributed by atoms with Crippen LogP contribution in [0.1, 0.15) is 69.5 Å². The molecule has 0 atom stereocenters. The van der Waals surface area contributed by atoms with Crippen molar-refractivity contribution in [2.75, 3.05) is 45.0 Å². The van der Waals surface area contributed by atoms with E-state index < -0.39 is 9.85 Å². The lowest BCUT2D eigenvalue weighted by atomic mass is 9.90. The van der Waals surface area contributed by atoms with Crippen LogP contribution in [0.5, 0.6) is 0 Å². The van der Waals surface area contributed by atoms with Crippen molar-refractivity contribution in [3.63, 3.8) is 0 Å². The molecule has 3 saturated heterocycles. The van der Waals surface area contributed by atoms with Gasteiger partial charge in [-0.15, -0.1) is 0 Å². The van der Waals surface area contributed by atoms with Crippen LogP contribution < -0.4 is 11.1 Å². The van der Waals surface area contributed by atoms with Gasteiger partial charge in [0.05, 0.1) is 63.7 Å². The van der Waals surface area contributed by atoms with Crippen molar-refractivity contribution in [3.8, 4) is 17.1 Å². The van der Waals surface area contributed by atoms with Gasteiger partial charge in [-0.25, -0.2) is 14.0 Å². The fourth-order valence-corrected chi connectivity index (χ4v) is 9.16. The van der Waals surface area contributed by atoms with Gasteiger partial charge in [0.25, 0.3) is 0 Å². The number of anilines is 1. The molecule has 0 spiro atoms. The lowest BCUT2D eigenvalue weighted by molar-refractivity contribution is -0.385. The molecule has 2 amide bonds. The number of ketones is 3. The average Bonchev–Trinajstić information content (AvgIpc) is 4.15. The van der Waals surface area contributed by atoms with E-state index in [1.807, 2.05) is 78.9 Å². The number of nitrogens with two attached hydrogens (primary N) is 1. The first-order chi connectivity index (χ1) is 35.1. The van der Waals surface area contributed by atoms with E-state index in [4.69, 9.17) is 5.73 Å². The molecule has 382 valence electrons. The van der Waals surface area contributed by atoms with E-state index in [2.05, 4.69) is 20.6 Å². The molecule has 3 N–H and O–H groups in total. The summed E-state index contributed by atoms with van der Waals surface area (Å²) in [4.78, 5) is 85.4. The van der Waals surface area contributed by atoms with E-state index >= 15 is 0 Å². The maximum Gasteiger partial charge on any atom is 0.311 e. The molecule has 6 heterocycles. The highest BCUT2D eigenvalue weighted by atomic mass is 16.6. The molecule has 9 rings (SSSR count). The summed E-state index contributed by atoms with van der Waals surface area (Å²) in [6.45, 7) is 7.12. The summed E-state index contributed by atoms with van der Waals surface area (Å²) >= 11 is 0. The molecule has 3 aliphatic rings. The van der Waals surface area contributed by atoms with Crippen LogP contribution in [0, 0.1) is 38.0 Å². The minimum Gasteiger partial charge on any atom is -0.396 e. The Morgan fingerprint density at radius 1 is 0.521 bits per heavy atom. The second-order valence-corrected chi connectivity index (χ2v) is 18.3. The van der Waals surface area contributed by atoms with E-state index in [0.29, 0.717) is 56.1 Å². The molecule has 3 aromatic heterocycles. The van der Waals surface area contributed by atoms with Gasteiger partial charge in [0, 0.05) is 57.8 Å². The summed E-state index contributed by atoms with van der Waals surface area (Å²) in [5, 5.41) is 38.8. The Labute approximate surface area is 421 Å². The van der Waals surface area contributed by atoms with E-state index in [9.17, 15) is 44.2 Å². The number of nitrogens with one attached hydrogen (secondary N) is 1. The first kappa shape index (κ1) is 52.6. The number of aromatic nitrogens is 6. The number of likely N-dealkylation sites (tertiary alicyclic amines) is 2. The number of nitrogen functional groups attached to an aromatic ring is 1. The molecule has 21 nitrogen and oxygen atoms in total. The second kappa shape index (κ2) is 24.8. The number of hydrogen-bond donors (Lipinski definition) is 2. The average molecular weight is 997 g/mol. The number of para-hydroxylation sites is 3. The Morgan fingerprint density at radius 3 is 1.18 bits per heavy atom. The molecule has 6 aromatic rings. The number of piperidine rings is 3. The van der Waals surface area contributed by atoms with Crippen LogP contribution in [-0.2, 0) is 43.2 Å². The largest absolute Gasteiger partial charge is 0.396 e. The van der Waals surface area contributed by atoms with E-state index in [1.54, 1.807) is 39.7 Å². The minimum atomic E-state index is -0.507. The number of amides is 2. The van der Waals surface area contributed by atoms with Crippen molar-refractivity contribution in [3.05, 3.63) is 147 Å². The van der Waals surface area contributed by atoms with E-state index in [-0.39, 0.29) is 88.9 Å². The second-order valence-electron chi connectivity index (χ2n) is 18.3. The fourth-order valence-electron chi connectivity index (χ4n) is 9.16. The van der Waals surface area contributed by atoms with Gasteiger partial charge in [0.1, 0.15) is 41.1 Å². The van der Waals surface area contributed by atoms with Crippen LogP contribution in [0.25, 0.3) is 17.1 Å². The van der Waals surface area contributed by atoms with Gasteiger partial charge >= 0.3 is 11.4 Å². The first-order valence-electron chi connectivity index (χ1n) is 24.4. The maximum absolute atomic E-state index is 12.6. The normalized spacial score (nSPS) is 15.3. The van der Waals surface area contributed by atoms with Crippen LogP contribution in [0.15, 0.2) is 110 Å². The third kappa shape index (κ3) is 14.0. The Kier molecular flexibility index (Phi) is 17.9. The fraction of sp³-hybridized carbons (Fsp3) is 0.385. The van der Waals surface area contributed by atoms with Gasteiger partial charge in [-0.05, 0) is 88.0 Å². The molecule has 0 aliphatic carbocycles. The van der Waals surface area contributed by atoms with Crippen LogP contribution in [0.3, 0.4) is 0 Å². The van der Waals surface area contributed by atoms with Crippen molar-refractivity contribution in [2.24, 2.45) is 17.8 Å². The number of rotatable bonds is 14. The Bertz CT molecular complexity index is 2880. The summed E-state index contributed by atoms with van der Waals surface area (Å²) in [5.74, 6) is -0.0164. The first-order valence-corrected chi connectivity index (χ1v) is 24.4. The minimum absolute atomic E-state index is 0.00754. The summed E-state index contributed by atoms with van der Waals surface area (Å²) < 4.78 is 4.60. The van der Waals surface area contributed by atoms with Crippen LogP contribution in [0.2, 0.25) is 0 Å². The molecule has 0 radical (unpaired) electrons. The molecule has 73 heavy (non-hydrogen) atoms. The number of hydrogen-bond acceptors (Lipinski definition) is 14. The highest BCUT2D eigenvalue weighted by Crippen LogP contribution is 2.27. The number of Topliss-reactive ketones (excluding diaryl/α,β-unsaturated/α-hetero) is 3. The lowest BCUT2D eigenvalue weighted by Gasteiger charge is -2.30. The number of carbonyl (C=O) groups excluding carboxylic acids is 5. The SMILES string of the molecule is CC(=O)N1CCC(C(=O)Cc2nn(-c3ccccc3)cc2N)CC1.CC(=O)N1CCC(C(=O)Cc2nn(-c3ccccc3)cc2[N+](=O)[O-])CC1.O=C(Cc1nn(-c2ccccc2)cc1[N+](=O)[O-])C1CCNCC1. The molecule has 3 fully saturated rings. The van der Waals surface area contributed by atoms with Crippen molar-refractivity contribution < 1.29 is 33.8 Å². The predicted molar refractivity (Wildman–Crippen MR) is 270 cm³/mol. The molecule has 0 bridgehead atoms. The van der Waals surface area contributed by atoms with Crippen molar-refractivity contribution in [1.82, 2.24) is 44.5 Å². The van der Waals surface area contributed by atoms with Gasteiger partial charge in [-0.3, -0.25) is 44.2 Å². The molecule has 3 aromatic carbocycles. The Morgan fingerprint density at radius 2 is 0.836 bits per heavy atom. The molecule has 21 heteroatoms. The van der Waals surface area contributed by atoms with E-state index in [0.717, 1.165) is 50.1 Å². The highest BCUT2D eigenvalue weighted by molar-refractivity contribution is 5.85. The molecule has 0 saturated carbocycles. The van der Waals surface area contributed by atoms with Gasteiger partial charge in [0.2, 0.25) is 11.8 Å². The summed E-state index contributed by atoms with van der Waals surface area (Å²) in [7, 11) is 0. The monoisotopic (exact) mass is 996 g/mol. The zero-order chi connectivity index (χ0) is 52.0. The topological polar surface area (TPSA) is 270 Å². The molecular formula is C52H60N12O9. The Hall–Kier alpha value is -8.20. The third-order valence-corrected chi connectivity index (χ3v) is 13.4. The highest BCUT2D eigenvalue weighted by Gasteiger charge is 2.31.